The summed E-state index contributed by atoms with van der Waals surface area (Å²) in [4.78, 5) is 32.0. The normalized spacial score (nSPS) is 11.3. The van der Waals surface area contributed by atoms with Gasteiger partial charge >= 0.3 is 5.69 Å². The van der Waals surface area contributed by atoms with Gasteiger partial charge in [-0.05, 0) is 42.5 Å². The summed E-state index contributed by atoms with van der Waals surface area (Å²) in [6, 6.07) is 12.4. The van der Waals surface area contributed by atoms with E-state index in [1.807, 2.05) is 0 Å². The molecule has 4 rings (SSSR count). The molecule has 1 aromatic heterocycles. The van der Waals surface area contributed by atoms with E-state index in [4.69, 9.17) is 0 Å². The fraction of sp³-hybridized carbons (Fsp3) is 0. The topological polar surface area (TPSA) is 148 Å². The quantitative estimate of drug-likeness (QED) is 0.272. The average Bonchev–Trinajstić information content (AvgIpc) is 3.16. The van der Waals surface area contributed by atoms with Crippen molar-refractivity contribution in [1.29, 1.82) is 0 Å². The molecule has 0 bridgehead atoms. The van der Waals surface area contributed by atoms with Crippen molar-refractivity contribution >= 4 is 34.3 Å². The summed E-state index contributed by atoms with van der Waals surface area (Å²) in [7, 11) is 0. The number of nitrogens with one attached hydrogen (secondary N) is 1. The third-order valence-corrected chi connectivity index (χ3v) is 4.45. The van der Waals surface area contributed by atoms with Crippen LogP contribution in [0.25, 0.3) is 22.4 Å². The summed E-state index contributed by atoms with van der Waals surface area (Å²) in [5.74, 6) is -0.551. The van der Waals surface area contributed by atoms with Gasteiger partial charge < -0.3 is 10.1 Å². The molecule has 11 heteroatoms. The van der Waals surface area contributed by atoms with E-state index in [-0.39, 0.29) is 11.4 Å². The van der Waals surface area contributed by atoms with Gasteiger partial charge in [0.25, 0.3) is 5.69 Å². The molecule has 0 atom stereocenters. The number of hydrogen-bond acceptors (Lipinski definition) is 7. The monoisotopic (exact) mass is 421 g/mol. The SMILES string of the molecule is O=[N+]([O-])c1cc(C=Nc2ccc3nc(-c4ccc(F)cc4)[nH]c3c2)c(O)c([N+](=O)[O-])c1. The van der Waals surface area contributed by atoms with Gasteiger partial charge in [0, 0.05) is 23.4 Å². The number of H-pyrrole nitrogens is 1. The van der Waals surface area contributed by atoms with Gasteiger partial charge in [-0.25, -0.2) is 9.37 Å². The van der Waals surface area contributed by atoms with Gasteiger partial charge in [0.2, 0.25) is 5.75 Å². The number of nitrogens with zero attached hydrogens (tertiary/aromatic N) is 4. The molecule has 0 saturated carbocycles. The lowest BCUT2D eigenvalue weighted by Crippen LogP contribution is -1.96. The Labute approximate surface area is 172 Å². The first-order valence-electron chi connectivity index (χ1n) is 8.77. The lowest BCUT2D eigenvalue weighted by molar-refractivity contribution is -0.394. The maximum atomic E-state index is 13.1. The van der Waals surface area contributed by atoms with Crippen LogP contribution in [0.4, 0.5) is 21.5 Å². The molecule has 2 N–H and O–H groups in total. The van der Waals surface area contributed by atoms with Crippen molar-refractivity contribution in [3.05, 3.63) is 86.2 Å². The Morgan fingerprint density at radius 2 is 1.77 bits per heavy atom. The lowest BCUT2D eigenvalue weighted by Gasteiger charge is -2.01. The zero-order chi connectivity index (χ0) is 22.1. The van der Waals surface area contributed by atoms with Crippen molar-refractivity contribution < 1.29 is 19.3 Å². The lowest BCUT2D eigenvalue weighted by atomic mass is 10.1. The van der Waals surface area contributed by atoms with Crippen LogP contribution in [-0.4, -0.2) is 31.1 Å². The zero-order valence-corrected chi connectivity index (χ0v) is 15.5. The van der Waals surface area contributed by atoms with Gasteiger partial charge in [-0.3, -0.25) is 25.2 Å². The van der Waals surface area contributed by atoms with Crippen LogP contribution in [0.1, 0.15) is 5.56 Å². The number of benzene rings is 3. The van der Waals surface area contributed by atoms with Crippen LogP contribution in [0, 0.1) is 26.0 Å². The number of rotatable bonds is 5. The summed E-state index contributed by atoms with van der Waals surface area (Å²) in [5.41, 5.74) is 0.863. The van der Waals surface area contributed by atoms with Gasteiger partial charge in [0.05, 0.1) is 32.6 Å². The van der Waals surface area contributed by atoms with Crippen LogP contribution >= 0.6 is 0 Å². The second-order valence-corrected chi connectivity index (χ2v) is 6.47. The summed E-state index contributed by atoms with van der Waals surface area (Å²) >= 11 is 0. The fourth-order valence-electron chi connectivity index (χ4n) is 2.94. The van der Waals surface area contributed by atoms with E-state index in [1.54, 1.807) is 30.3 Å². The first-order chi connectivity index (χ1) is 14.8. The number of halogens is 1. The highest BCUT2D eigenvalue weighted by Crippen LogP contribution is 2.34. The molecule has 0 radical (unpaired) electrons. The number of imidazole rings is 1. The van der Waals surface area contributed by atoms with Gasteiger partial charge in [0.1, 0.15) is 11.6 Å². The highest BCUT2D eigenvalue weighted by molar-refractivity contribution is 5.90. The molecule has 0 aliphatic heterocycles. The molecule has 0 spiro atoms. The Balaban J connectivity index is 1.69. The van der Waals surface area contributed by atoms with Crippen LogP contribution in [0.15, 0.2) is 59.6 Å². The molecule has 4 aromatic rings. The molecule has 10 nitrogen and oxygen atoms in total. The minimum atomic E-state index is -0.909. The number of non-ortho nitro benzene ring substituents is 1. The van der Waals surface area contributed by atoms with E-state index in [0.29, 0.717) is 34.2 Å². The van der Waals surface area contributed by atoms with Crippen LogP contribution in [0.5, 0.6) is 5.75 Å². The molecule has 0 saturated heterocycles. The fourth-order valence-corrected chi connectivity index (χ4v) is 2.94. The van der Waals surface area contributed by atoms with Crippen LogP contribution in [-0.2, 0) is 0 Å². The summed E-state index contributed by atoms with van der Waals surface area (Å²) in [6.07, 6.45) is 1.10. The van der Waals surface area contributed by atoms with E-state index >= 15 is 0 Å². The van der Waals surface area contributed by atoms with E-state index in [1.165, 1.54) is 12.1 Å². The van der Waals surface area contributed by atoms with E-state index < -0.39 is 27.0 Å². The Morgan fingerprint density at radius 1 is 1.03 bits per heavy atom. The first-order valence-corrected chi connectivity index (χ1v) is 8.77. The molecule has 0 aliphatic rings. The second kappa shape index (κ2) is 7.63. The van der Waals surface area contributed by atoms with Gasteiger partial charge in [-0.1, -0.05) is 0 Å². The van der Waals surface area contributed by atoms with Gasteiger partial charge in [-0.15, -0.1) is 0 Å². The summed E-state index contributed by atoms with van der Waals surface area (Å²) < 4.78 is 13.1. The predicted octanol–water partition coefficient (Wildman–Crippen LogP) is 4.64. The number of phenolic OH excluding ortho intramolecular Hbond substituents is 1. The number of aliphatic imine (C=N–C) groups is 1. The highest BCUT2D eigenvalue weighted by Gasteiger charge is 2.23. The van der Waals surface area contributed by atoms with Crippen molar-refractivity contribution in [3.63, 3.8) is 0 Å². The molecule has 0 aliphatic carbocycles. The maximum absolute atomic E-state index is 13.1. The molecule has 0 fully saturated rings. The molecule has 31 heavy (non-hydrogen) atoms. The Morgan fingerprint density at radius 3 is 2.45 bits per heavy atom. The maximum Gasteiger partial charge on any atom is 0.318 e. The largest absolute Gasteiger partial charge is 0.502 e. The van der Waals surface area contributed by atoms with Crippen LogP contribution in [0.3, 0.4) is 0 Å². The predicted molar refractivity (Wildman–Crippen MR) is 110 cm³/mol. The number of phenols is 1. The molecular weight excluding hydrogens is 409 g/mol. The van der Waals surface area contributed by atoms with Gasteiger partial charge in [-0.2, -0.15) is 0 Å². The minimum absolute atomic E-state index is 0.169. The van der Waals surface area contributed by atoms with Crippen molar-refractivity contribution in [2.24, 2.45) is 4.99 Å². The van der Waals surface area contributed by atoms with Crippen LogP contribution < -0.4 is 0 Å². The van der Waals surface area contributed by atoms with Crippen molar-refractivity contribution in [2.45, 2.75) is 0 Å². The van der Waals surface area contributed by atoms with E-state index in [9.17, 15) is 29.7 Å². The number of aromatic amines is 1. The van der Waals surface area contributed by atoms with Crippen molar-refractivity contribution in [2.75, 3.05) is 0 Å². The van der Waals surface area contributed by atoms with Crippen molar-refractivity contribution in [1.82, 2.24) is 9.97 Å². The molecule has 0 amide bonds. The summed E-state index contributed by atoms with van der Waals surface area (Å²) in [5, 5.41) is 32.1. The summed E-state index contributed by atoms with van der Waals surface area (Å²) in [6.45, 7) is 0. The molecule has 154 valence electrons. The number of nitro benzene ring substituents is 2. The second-order valence-electron chi connectivity index (χ2n) is 6.47. The number of nitro groups is 2. The minimum Gasteiger partial charge on any atom is -0.502 e. The number of fused-ring (bicyclic) bond motifs is 1. The zero-order valence-electron chi connectivity index (χ0n) is 15.5. The van der Waals surface area contributed by atoms with Crippen molar-refractivity contribution in [3.8, 4) is 17.1 Å². The molecule has 1 heterocycles. The molecule has 0 unspecified atom stereocenters. The number of aromatic nitrogens is 2. The molecule has 3 aromatic carbocycles. The number of aromatic hydroxyl groups is 1. The molecular formula is C20H12FN5O5. The Kier molecular flexibility index (Phi) is 4.83. The average molecular weight is 421 g/mol. The Hall–Kier alpha value is -4.67. The standard InChI is InChI=1S/C20H12FN5O5/c21-13-3-1-11(2-4-13)20-23-16-6-5-14(8-17(16)24-20)22-10-12-7-15(25(28)29)9-18(19(12)27)26(30)31/h1-10,27H,(H,23,24). The third kappa shape index (κ3) is 3.92. The third-order valence-electron chi connectivity index (χ3n) is 4.45. The van der Waals surface area contributed by atoms with E-state index in [2.05, 4.69) is 15.0 Å². The van der Waals surface area contributed by atoms with Crippen LogP contribution in [0.2, 0.25) is 0 Å². The first kappa shape index (κ1) is 19.6. The Bertz CT molecular complexity index is 1360. The smallest absolute Gasteiger partial charge is 0.318 e. The van der Waals surface area contributed by atoms with Gasteiger partial charge in [0.15, 0.2) is 0 Å². The number of hydrogen-bond donors (Lipinski definition) is 2. The van der Waals surface area contributed by atoms with E-state index in [0.717, 1.165) is 12.3 Å². The highest BCUT2D eigenvalue weighted by atomic mass is 19.1.